The third kappa shape index (κ3) is 3.28. The lowest BCUT2D eigenvalue weighted by molar-refractivity contribution is -0.0109. The van der Waals surface area contributed by atoms with Crippen LogP contribution in [0.2, 0.25) is 0 Å². The number of phenolic OH excluding ortho intramolecular Hbond substituents is 1. The molecule has 1 unspecified atom stereocenters. The summed E-state index contributed by atoms with van der Waals surface area (Å²) >= 11 is 0. The quantitative estimate of drug-likeness (QED) is 0.905. The van der Waals surface area contributed by atoms with Crippen LogP contribution >= 0.6 is 0 Å². The van der Waals surface area contributed by atoms with E-state index in [1.165, 1.54) is 24.8 Å². The van der Waals surface area contributed by atoms with Gasteiger partial charge < -0.3 is 14.7 Å². The number of phenols is 1. The van der Waals surface area contributed by atoms with Crippen molar-refractivity contribution in [1.82, 2.24) is 4.90 Å². The first-order valence-corrected chi connectivity index (χ1v) is 7.11. The van der Waals surface area contributed by atoms with Crippen LogP contribution in [-0.4, -0.2) is 37.3 Å². The lowest BCUT2D eigenvalue weighted by atomic mass is 9.78. The number of benzene rings is 1. The highest BCUT2D eigenvalue weighted by Crippen LogP contribution is 2.39. The highest BCUT2D eigenvalue weighted by atomic mass is 16.5. The van der Waals surface area contributed by atoms with Gasteiger partial charge >= 0.3 is 0 Å². The summed E-state index contributed by atoms with van der Waals surface area (Å²) in [5.41, 5.74) is 1.18. The molecule has 2 rings (SSSR count). The molecule has 0 radical (unpaired) electrons. The van der Waals surface area contributed by atoms with Crippen molar-refractivity contribution >= 4 is 0 Å². The molecule has 0 aromatic heterocycles. The monoisotopic (exact) mass is 263 g/mol. The van der Waals surface area contributed by atoms with Gasteiger partial charge in [0.15, 0.2) is 0 Å². The van der Waals surface area contributed by atoms with Gasteiger partial charge in [-0.3, -0.25) is 0 Å². The van der Waals surface area contributed by atoms with Crippen molar-refractivity contribution in [2.24, 2.45) is 5.92 Å². The molecule has 1 fully saturated rings. The van der Waals surface area contributed by atoms with Crippen molar-refractivity contribution in [1.29, 1.82) is 0 Å². The topological polar surface area (TPSA) is 32.7 Å². The van der Waals surface area contributed by atoms with E-state index in [1.807, 2.05) is 19.2 Å². The second-order valence-corrected chi connectivity index (χ2v) is 5.73. The van der Waals surface area contributed by atoms with E-state index in [0.717, 1.165) is 6.42 Å². The Kier molecular flexibility index (Phi) is 4.83. The molecule has 0 aliphatic heterocycles. The zero-order chi connectivity index (χ0) is 13.8. The molecule has 0 saturated heterocycles. The van der Waals surface area contributed by atoms with Crippen molar-refractivity contribution in [2.75, 3.05) is 21.2 Å². The molecule has 3 heteroatoms. The molecule has 1 aliphatic rings. The fourth-order valence-electron chi connectivity index (χ4n) is 3.42. The normalized spacial score (nSPS) is 25.5. The lowest BCUT2D eigenvalue weighted by Gasteiger charge is -2.39. The molecule has 0 amide bonds. The van der Waals surface area contributed by atoms with Gasteiger partial charge in [0.2, 0.25) is 0 Å². The molecular formula is C16H25NO2. The Hall–Kier alpha value is -1.06. The Bertz CT molecular complexity index is 405. The summed E-state index contributed by atoms with van der Waals surface area (Å²) < 4.78 is 5.70. The zero-order valence-electron chi connectivity index (χ0n) is 12.2. The summed E-state index contributed by atoms with van der Waals surface area (Å²) in [7, 11) is 6.03. The minimum absolute atomic E-state index is 0.303. The summed E-state index contributed by atoms with van der Waals surface area (Å²) in [6.07, 6.45) is 5.19. The molecule has 19 heavy (non-hydrogen) atoms. The minimum atomic E-state index is 0.303. The van der Waals surface area contributed by atoms with Crippen molar-refractivity contribution < 1.29 is 9.84 Å². The van der Waals surface area contributed by atoms with Crippen molar-refractivity contribution in [2.45, 2.75) is 37.8 Å². The third-order valence-corrected chi connectivity index (χ3v) is 4.23. The van der Waals surface area contributed by atoms with Crippen molar-refractivity contribution in [3.63, 3.8) is 0 Å². The number of hydrogen-bond donors (Lipinski definition) is 1. The molecule has 3 atom stereocenters. The first kappa shape index (κ1) is 14.4. The summed E-state index contributed by atoms with van der Waals surface area (Å²) in [4.78, 5) is 2.25. The Labute approximate surface area is 116 Å². The smallest absolute Gasteiger partial charge is 0.115 e. The number of nitrogens with zero attached hydrogens (tertiary/aromatic N) is 1. The molecule has 1 saturated carbocycles. The van der Waals surface area contributed by atoms with E-state index in [2.05, 4.69) is 25.1 Å². The van der Waals surface area contributed by atoms with Crippen LogP contribution in [0.3, 0.4) is 0 Å². The van der Waals surface area contributed by atoms with Crippen LogP contribution in [-0.2, 0) is 4.74 Å². The molecule has 3 nitrogen and oxygen atoms in total. The van der Waals surface area contributed by atoms with E-state index in [-0.39, 0.29) is 0 Å². The van der Waals surface area contributed by atoms with Crippen LogP contribution in [0.4, 0.5) is 0 Å². The number of aromatic hydroxyl groups is 1. The molecule has 1 N–H and O–H groups in total. The number of methoxy groups -OCH3 is 1. The first-order chi connectivity index (χ1) is 9.13. The highest BCUT2D eigenvalue weighted by molar-refractivity contribution is 5.30. The van der Waals surface area contributed by atoms with Crippen LogP contribution in [0, 0.1) is 5.92 Å². The van der Waals surface area contributed by atoms with Gasteiger partial charge in [-0.1, -0.05) is 25.0 Å². The SMILES string of the molecule is CO[C@H]1CCCC[C@H]1C(c1cccc(O)c1)N(C)C. The minimum Gasteiger partial charge on any atom is -0.508 e. The van der Waals surface area contributed by atoms with E-state index >= 15 is 0 Å². The molecular weight excluding hydrogens is 238 g/mol. The van der Waals surface area contributed by atoms with E-state index in [0.29, 0.717) is 23.8 Å². The molecule has 0 spiro atoms. The second-order valence-electron chi connectivity index (χ2n) is 5.73. The average Bonchev–Trinajstić information content (AvgIpc) is 2.39. The van der Waals surface area contributed by atoms with E-state index in [9.17, 15) is 5.11 Å². The number of hydrogen-bond acceptors (Lipinski definition) is 3. The molecule has 1 aromatic rings. The maximum absolute atomic E-state index is 9.72. The average molecular weight is 263 g/mol. The summed E-state index contributed by atoms with van der Waals surface area (Å²) in [6.45, 7) is 0. The van der Waals surface area contributed by atoms with Crippen molar-refractivity contribution in [3.8, 4) is 5.75 Å². The molecule has 1 aliphatic carbocycles. The predicted octanol–water partition coefficient (Wildman–Crippen LogP) is 3.20. The Morgan fingerprint density at radius 3 is 2.63 bits per heavy atom. The molecule has 0 bridgehead atoms. The van der Waals surface area contributed by atoms with Crippen LogP contribution in [0.5, 0.6) is 5.75 Å². The second kappa shape index (κ2) is 6.40. The van der Waals surface area contributed by atoms with Gasteiger partial charge in [-0.25, -0.2) is 0 Å². The van der Waals surface area contributed by atoms with Crippen LogP contribution in [0.25, 0.3) is 0 Å². The maximum atomic E-state index is 9.72. The van der Waals surface area contributed by atoms with Gasteiger partial charge in [-0.2, -0.15) is 0 Å². The standard InChI is InChI=1S/C16H25NO2/c1-17(2)16(12-7-6-8-13(18)11-12)14-9-4-5-10-15(14)19-3/h6-8,11,14-16,18H,4-5,9-10H2,1-3H3/t14-,15+,16?/m1/s1. The fourth-order valence-corrected chi connectivity index (χ4v) is 3.42. The molecule has 106 valence electrons. The number of ether oxygens (including phenoxy) is 1. The Morgan fingerprint density at radius 1 is 1.26 bits per heavy atom. The van der Waals surface area contributed by atoms with Crippen LogP contribution in [0.1, 0.15) is 37.3 Å². The van der Waals surface area contributed by atoms with Gasteiger partial charge in [0.25, 0.3) is 0 Å². The van der Waals surface area contributed by atoms with E-state index in [1.54, 1.807) is 6.07 Å². The lowest BCUT2D eigenvalue weighted by Crippen LogP contribution is -2.37. The summed E-state index contributed by atoms with van der Waals surface area (Å²) in [6, 6.07) is 7.94. The number of rotatable bonds is 4. The zero-order valence-corrected chi connectivity index (χ0v) is 12.2. The Morgan fingerprint density at radius 2 is 2.00 bits per heavy atom. The molecule has 1 aromatic carbocycles. The molecule has 0 heterocycles. The Balaban J connectivity index is 2.28. The maximum Gasteiger partial charge on any atom is 0.115 e. The largest absolute Gasteiger partial charge is 0.508 e. The fraction of sp³-hybridized carbons (Fsp3) is 0.625. The van der Waals surface area contributed by atoms with E-state index < -0.39 is 0 Å². The van der Waals surface area contributed by atoms with Crippen LogP contribution in [0.15, 0.2) is 24.3 Å². The summed E-state index contributed by atoms with van der Waals surface area (Å²) in [5, 5.41) is 9.72. The van der Waals surface area contributed by atoms with Crippen LogP contribution < -0.4 is 0 Å². The van der Waals surface area contributed by atoms with Gasteiger partial charge in [-0.15, -0.1) is 0 Å². The van der Waals surface area contributed by atoms with Gasteiger partial charge in [-0.05, 0) is 44.6 Å². The van der Waals surface area contributed by atoms with Gasteiger partial charge in [0, 0.05) is 19.1 Å². The third-order valence-electron chi connectivity index (χ3n) is 4.23. The summed E-state index contributed by atoms with van der Waals surface area (Å²) in [5.74, 6) is 0.838. The first-order valence-electron chi connectivity index (χ1n) is 7.11. The van der Waals surface area contributed by atoms with Gasteiger partial charge in [0.1, 0.15) is 5.75 Å². The van der Waals surface area contributed by atoms with Crippen molar-refractivity contribution in [3.05, 3.63) is 29.8 Å². The van der Waals surface area contributed by atoms with E-state index in [4.69, 9.17) is 4.74 Å². The predicted molar refractivity (Wildman–Crippen MR) is 77.3 cm³/mol. The highest BCUT2D eigenvalue weighted by Gasteiger charge is 2.34. The van der Waals surface area contributed by atoms with Gasteiger partial charge in [0.05, 0.1) is 6.10 Å².